The van der Waals surface area contributed by atoms with Crippen LogP contribution in [0, 0.1) is 11.3 Å². The number of piperidine rings is 1. The molecule has 3 aromatic rings. The first kappa shape index (κ1) is 16.4. The molecule has 0 spiro atoms. The molecule has 2 aromatic heterocycles. The van der Waals surface area contributed by atoms with Gasteiger partial charge in [-0.1, -0.05) is 23.7 Å². The number of anilines is 3. The second-order valence-corrected chi connectivity index (χ2v) is 6.63. The van der Waals surface area contributed by atoms with Crippen molar-refractivity contribution in [3.05, 3.63) is 35.0 Å². The van der Waals surface area contributed by atoms with Crippen LogP contribution in [-0.2, 0) is 0 Å². The molecular formula is C17H17ClN8. The number of hydrogen-bond acceptors (Lipinski definition) is 7. The number of benzene rings is 1. The van der Waals surface area contributed by atoms with E-state index in [9.17, 15) is 5.26 Å². The van der Waals surface area contributed by atoms with Gasteiger partial charge in [-0.15, -0.1) is 5.10 Å². The van der Waals surface area contributed by atoms with Gasteiger partial charge >= 0.3 is 0 Å². The maximum absolute atomic E-state index is 9.47. The average Bonchev–Trinajstić information content (AvgIpc) is 3.09. The molecular weight excluding hydrogens is 352 g/mol. The second-order valence-electron chi connectivity index (χ2n) is 6.22. The van der Waals surface area contributed by atoms with Crippen LogP contribution in [0.2, 0.25) is 5.02 Å². The first-order chi connectivity index (χ1) is 12.7. The quantitative estimate of drug-likeness (QED) is 0.649. The van der Waals surface area contributed by atoms with Crippen molar-refractivity contribution in [3.63, 3.8) is 0 Å². The summed E-state index contributed by atoms with van der Waals surface area (Å²) in [7, 11) is 0. The SMILES string of the molecule is N#Cc1cnc2c(Cl)cccc2c1NC1CCN(c2n[nH]c(N)n2)CC1. The first-order valence-electron chi connectivity index (χ1n) is 8.32. The minimum absolute atomic E-state index is 0.235. The summed E-state index contributed by atoms with van der Waals surface area (Å²) in [5.74, 6) is 0.943. The van der Waals surface area contributed by atoms with E-state index in [-0.39, 0.29) is 6.04 Å². The third-order valence-electron chi connectivity index (χ3n) is 4.59. The van der Waals surface area contributed by atoms with Crippen LogP contribution in [0.15, 0.2) is 24.4 Å². The number of pyridine rings is 1. The van der Waals surface area contributed by atoms with Crippen LogP contribution in [0.1, 0.15) is 18.4 Å². The van der Waals surface area contributed by atoms with Crippen molar-refractivity contribution < 1.29 is 0 Å². The summed E-state index contributed by atoms with van der Waals surface area (Å²) in [6, 6.07) is 8.06. The number of nitrogens with zero attached hydrogens (tertiary/aromatic N) is 5. The van der Waals surface area contributed by atoms with Crippen molar-refractivity contribution in [1.82, 2.24) is 20.2 Å². The van der Waals surface area contributed by atoms with Gasteiger partial charge in [0.1, 0.15) is 6.07 Å². The fourth-order valence-corrected chi connectivity index (χ4v) is 3.49. The van der Waals surface area contributed by atoms with Crippen LogP contribution < -0.4 is 16.0 Å². The van der Waals surface area contributed by atoms with Gasteiger partial charge in [0.25, 0.3) is 0 Å². The minimum atomic E-state index is 0.235. The molecule has 1 saturated heterocycles. The van der Waals surface area contributed by atoms with Crippen molar-refractivity contribution in [3.8, 4) is 6.07 Å². The number of para-hydroxylation sites is 1. The molecule has 132 valence electrons. The molecule has 4 N–H and O–H groups in total. The van der Waals surface area contributed by atoms with Crippen LogP contribution >= 0.6 is 11.6 Å². The molecule has 0 aliphatic carbocycles. The lowest BCUT2D eigenvalue weighted by Crippen LogP contribution is -2.39. The topological polar surface area (TPSA) is 120 Å². The van der Waals surface area contributed by atoms with Gasteiger partial charge in [-0.3, -0.25) is 4.98 Å². The Labute approximate surface area is 155 Å². The van der Waals surface area contributed by atoms with Crippen molar-refractivity contribution >= 4 is 40.1 Å². The Kier molecular flexibility index (Phi) is 4.22. The first-order valence-corrected chi connectivity index (χ1v) is 8.70. The van der Waals surface area contributed by atoms with Gasteiger partial charge in [0.15, 0.2) is 0 Å². The zero-order valence-corrected chi connectivity index (χ0v) is 14.7. The number of aromatic nitrogens is 4. The fraction of sp³-hybridized carbons (Fsp3) is 0.294. The van der Waals surface area contributed by atoms with E-state index < -0.39 is 0 Å². The number of nitrogens with one attached hydrogen (secondary N) is 2. The summed E-state index contributed by atoms with van der Waals surface area (Å²) in [4.78, 5) is 10.6. The Morgan fingerprint density at radius 3 is 2.85 bits per heavy atom. The Hall–Kier alpha value is -3.05. The van der Waals surface area contributed by atoms with Gasteiger partial charge < -0.3 is 16.0 Å². The normalized spacial score (nSPS) is 15.2. The molecule has 1 aliphatic heterocycles. The molecule has 0 radical (unpaired) electrons. The number of hydrogen-bond donors (Lipinski definition) is 3. The van der Waals surface area contributed by atoms with Crippen LogP contribution in [-0.4, -0.2) is 39.3 Å². The number of halogens is 1. The molecule has 26 heavy (non-hydrogen) atoms. The average molecular weight is 369 g/mol. The van der Waals surface area contributed by atoms with E-state index in [1.165, 1.54) is 0 Å². The summed E-state index contributed by atoms with van der Waals surface area (Å²) < 4.78 is 0. The highest BCUT2D eigenvalue weighted by Gasteiger charge is 2.23. The van der Waals surface area contributed by atoms with Crippen LogP contribution in [0.5, 0.6) is 0 Å². The lowest BCUT2D eigenvalue weighted by Gasteiger charge is -2.32. The van der Waals surface area contributed by atoms with E-state index in [2.05, 4.69) is 36.5 Å². The maximum Gasteiger partial charge on any atom is 0.246 e. The Morgan fingerprint density at radius 1 is 1.35 bits per heavy atom. The van der Waals surface area contributed by atoms with Gasteiger partial charge in [-0.2, -0.15) is 10.2 Å². The number of nitriles is 1. The molecule has 0 saturated carbocycles. The van der Waals surface area contributed by atoms with Crippen molar-refractivity contribution in [2.45, 2.75) is 18.9 Å². The lowest BCUT2D eigenvalue weighted by molar-refractivity contribution is 0.520. The monoisotopic (exact) mass is 368 g/mol. The van der Waals surface area contributed by atoms with Gasteiger partial charge in [0, 0.05) is 30.7 Å². The molecule has 1 fully saturated rings. The van der Waals surface area contributed by atoms with E-state index in [0.29, 0.717) is 28.0 Å². The van der Waals surface area contributed by atoms with Crippen molar-refractivity contribution in [2.24, 2.45) is 0 Å². The zero-order chi connectivity index (χ0) is 18.1. The van der Waals surface area contributed by atoms with Crippen molar-refractivity contribution in [1.29, 1.82) is 5.26 Å². The molecule has 1 aromatic carbocycles. The molecule has 0 bridgehead atoms. The molecule has 1 aliphatic rings. The second kappa shape index (κ2) is 6.69. The number of rotatable bonds is 3. The Morgan fingerprint density at radius 2 is 2.15 bits per heavy atom. The molecule has 9 heteroatoms. The van der Waals surface area contributed by atoms with Crippen LogP contribution in [0.3, 0.4) is 0 Å². The third-order valence-corrected chi connectivity index (χ3v) is 4.89. The van der Waals surface area contributed by atoms with Crippen LogP contribution in [0.25, 0.3) is 10.9 Å². The van der Waals surface area contributed by atoms with E-state index in [1.54, 1.807) is 12.3 Å². The Balaban J connectivity index is 1.55. The smallest absolute Gasteiger partial charge is 0.246 e. The van der Waals surface area contributed by atoms with Gasteiger partial charge in [0.2, 0.25) is 11.9 Å². The lowest BCUT2D eigenvalue weighted by atomic mass is 10.0. The van der Waals surface area contributed by atoms with Gasteiger partial charge in [0.05, 0.1) is 21.8 Å². The number of aromatic amines is 1. The Bertz CT molecular complexity index is 984. The summed E-state index contributed by atoms with van der Waals surface area (Å²) in [5.41, 5.74) is 7.60. The highest BCUT2D eigenvalue weighted by molar-refractivity contribution is 6.35. The molecule has 0 unspecified atom stereocenters. The molecule has 3 heterocycles. The molecule has 4 rings (SSSR count). The number of H-pyrrole nitrogens is 1. The molecule has 8 nitrogen and oxygen atoms in total. The fourth-order valence-electron chi connectivity index (χ4n) is 3.26. The van der Waals surface area contributed by atoms with Crippen molar-refractivity contribution in [2.75, 3.05) is 29.0 Å². The molecule has 0 atom stereocenters. The largest absolute Gasteiger partial charge is 0.381 e. The zero-order valence-electron chi connectivity index (χ0n) is 13.9. The van der Waals surface area contributed by atoms with E-state index in [4.69, 9.17) is 17.3 Å². The number of fused-ring (bicyclic) bond motifs is 1. The maximum atomic E-state index is 9.47. The summed E-state index contributed by atoms with van der Waals surface area (Å²) in [6.07, 6.45) is 3.36. The summed E-state index contributed by atoms with van der Waals surface area (Å²) in [5, 5.41) is 21.2. The highest BCUT2D eigenvalue weighted by Crippen LogP contribution is 2.31. The van der Waals surface area contributed by atoms with E-state index in [1.807, 2.05) is 12.1 Å². The van der Waals surface area contributed by atoms with E-state index in [0.717, 1.165) is 37.0 Å². The van der Waals surface area contributed by atoms with Gasteiger partial charge in [-0.05, 0) is 18.9 Å². The third kappa shape index (κ3) is 2.97. The van der Waals surface area contributed by atoms with E-state index >= 15 is 0 Å². The summed E-state index contributed by atoms with van der Waals surface area (Å²) in [6.45, 7) is 1.61. The number of nitrogen functional groups attached to an aromatic ring is 1. The minimum Gasteiger partial charge on any atom is -0.381 e. The predicted molar refractivity (Wildman–Crippen MR) is 101 cm³/mol. The predicted octanol–water partition coefficient (Wildman–Crippen LogP) is 2.54. The van der Waals surface area contributed by atoms with Crippen LogP contribution in [0.4, 0.5) is 17.6 Å². The van der Waals surface area contributed by atoms with Gasteiger partial charge in [-0.25, -0.2) is 5.10 Å². The standard InChI is InChI=1S/C17H17ClN8/c18-13-3-1-2-12-14(10(8-19)9-21-15(12)13)22-11-4-6-26(7-5-11)17-23-16(20)24-25-17/h1-3,9,11H,4-7H2,(H,21,22)(H3,20,23,24,25). The highest BCUT2D eigenvalue weighted by atomic mass is 35.5. The summed E-state index contributed by atoms with van der Waals surface area (Å²) >= 11 is 6.25. The number of nitrogens with two attached hydrogens (primary N) is 1. The molecule has 0 amide bonds.